The number of benzene rings is 1. The van der Waals surface area contributed by atoms with Crippen LogP contribution < -0.4 is 4.74 Å². The van der Waals surface area contributed by atoms with Gasteiger partial charge in [-0.05, 0) is 18.2 Å². The van der Waals surface area contributed by atoms with E-state index in [0.717, 1.165) is 22.0 Å². The van der Waals surface area contributed by atoms with Gasteiger partial charge in [0.1, 0.15) is 5.75 Å². The molecule has 0 atom stereocenters. The maximum absolute atomic E-state index is 5.35. The lowest BCUT2D eigenvalue weighted by Crippen LogP contribution is -1.88. The molecule has 0 radical (unpaired) electrons. The molecule has 0 amide bonds. The lowest BCUT2D eigenvalue weighted by Gasteiger charge is -2.04. The zero-order valence-electron chi connectivity index (χ0n) is 10.3. The number of rotatable bonds is 3. The average Bonchev–Trinajstić information content (AvgIpc) is 2.98. The molecule has 2 heterocycles. The number of hydrogen-bond acceptors (Lipinski definition) is 5. The zero-order valence-corrected chi connectivity index (χ0v) is 11.1. The lowest BCUT2D eigenvalue weighted by molar-refractivity contribution is 0.416. The van der Waals surface area contributed by atoms with Crippen LogP contribution in [0.5, 0.6) is 5.75 Å². The van der Waals surface area contributed by atoms with Crippen LogP contribution in [0, 0.1) is 0 Å². The van der Waals surface area contributed by atoms with Crippen LogP contribution >= 0.6 is 11.3 Å². The molecule has 4 nitrogen and oxygen atoms in total. The van der Waals surface area contributed by atoms with Gasteiger partial charge in [-0.25, -0.2) is 15.0 Å². The van der Waals surface area contributed by atoms with E-state index in [4.69, 9.17) is 4.74 Å². The van der Waals surface area contributed by atoms with E-state index < -0.39 is 0 Å². The highest BCUT2D eigenvalue weighted by Crippen LogP contribution is 2.32. The molecule has 3 rings (SSSR count). The predicted octanol–water partition coefficient (Wildman–Crippen LogP) is 3.28. The Morgan fingerprint density at radius 2 is 1.84 bits per heavy atom. The van der Waals surface area contributed by atoms with Crippen LogP contribution in [0.2, 0.25) is 0 Å². The summed E-state index contributed by atoms with van der Waals surface area (Å²) in [4.78, 5) is 13.0. The minimum atomic E-state index is 0.647. The highest BCUT2D eigenvalue weighted by Gasteiger charge is 2.11. The summed E-state index contributed by atoms with van der Waals surface area (Å²) < 4.78 is 5.35. The Hall–Kier alpha value is -2.27. The van der Waals surface area contributed by atoms with Crippen molar-refractivity contribution in [1.29, 1.82) is 0 Å². The first-order valence-corrected chi connectivity index (χ1v) is 6.63. The van der Waals surface area contributed by atoms with Crippen LogP contribution in [0.15, 0.2) is 48.1 Å². The van der Waals surface area contributed by atoms with Crippen molar-refractivity contribution in [2.45, 2.75) is 0 Å². The van der Waals surface area contributed by atoms with Crippen LogP contribution in [0.3, 0.4) is 0 Å². The van der Waals surface area contributed by atoms with Crippen molar-refractivity contribution in [3.05, 3.63) is 48.1 Å². The fourth-order valence-electron chi connectivity index (χ4n) is 1.77. The van der Waals surface area contributed by atoms with Crippen molar-refractivity contribution in [2.75, 3.05) is 7.11 Å². The predicted molar refractivity (Wildman–Crippen MR) is 75.1 cm³/mol. The van der Waals surface area contributed by atoms with Crippen molar-refractivity contribution in [3.63, 3.8) is 0 Å². The molecule has 0 spiro atoms. The van der Waals surface area contributed by atoms with Gasteiger partial charge in [0.2, 0.25) is 0 Å². The third-order valence-electron chi connectivity index (χ3n) is 2.64. The second-order valence-corrected chi connectivity index (χ2v) is 4.67. The standard InChI is InChI=1S/C14H11N3OS/c1-18-12-6-3-2-5-10(12)11-9-19-14(17-11)13-15-7-4-8-16-13/h2-9H,1H3. The van der Waals surface area contributed by atoms with E-state index in [0.29, 0.717) is 5.82 Å². The molecule has 0 aliphatic carbocycles. The van der Waals surface area contributed by atoms with E-state index in [-0.39, 0.29) is 0 Å². The minimum Gasteiger partial charge on any atom is -0.496 e. The molecule has 0 N–H and O–H groups in total. The van der Waals surface area contributed by atoms with Gasteiger partial charge in [0.25, 0.3) is 0 Å². The molecule has 3 aromatic rings. The first kappa shape index (κ1) is 11.8. The Balaban J connectivity index is 2.02. The first-order chi connectivity index (χ1) is 9.38. The van der Waals surface area contributed by atoms with Gasteiger partial charge in [-0.15, -0.1) is 11.3 Å². The van der Waals surface area contributed by atoms with Gasteiger partial charge < -0.3 is 4.74 Å². The number of para-hydroxylation sites is 1. The Bertz CT molecular complexity index is 682. The summed E-state index contributed by atoms with van der Waals surface area (Å²) in [6.45, 7) is 0. The normalized spacial score (nSPS) is 10.4. The van der Waals surface area contributed by atoms with Gasteiger partial charge >= 0.3 is 0 Å². The Labute approximate surface area is 114 Å². The van der Waals surface area contributed by atoms with Gasteiger partial charge in [-0.3, -0.25) is 0 Å². The molecule has 0 bridgehead atoms. The second-order valence-electron chi connectivity index (χ2n) is 3.81. The van der Waals surface area contributed by atoms with Crippen molar-refractivity contribution < 1.29 is 4.74 Å². The van der Waals surface area contributed by atoms with E-state index in [1.54, 1.807) is 25.6 Å². The summed E-state index contributed by atoms with van der Waals surface area (Å²) in [6, 6.07) is 9.61. The van der Waals surface area contributed by atoms with Crippen molar-refractivity contribution in [3.8, 4) is 27.8 Å². The van der Waals surface area contributed by atoms with E-state index in [1.165, 1.54) is 11.3 Å². The minimum absolute atomic E-state index is 0.647. The third kappa shape index (κ3) is 2.32. The van der Waals surface area contributed by atoms with Crippen LogP contribution in [-0.2, 0) is 0 Å². The molecule has 0 aliphatic heterocycles. The maximum Gasteiger partial charge on any atom is 0.188 e. The zero-order chi connectivity index (χ0) is 13.1. The van der Waals surface area contributed by atoms with Crippen molar-refractivity contribution in [2.24, 2.45) is 0 Å². The fourth-order valence-corrected chi connectivity index (χ4v) is 2.53. The Kier molecular flexibility index (Phi) is 3.20. The molecule has 0 fully saturated rings. The van der Waals surface area contributed by atoms with Gasteiger partial charge in [0.05, 0.1) is 12.8 Å². The highest BCUT2D eigenvalue weighted by atomic mass is 32.1. The molecule has 19 heavy (non-hydrogen) atoms. The largest absolute Gasteiger partial charge is 0.496 e. The topological polar surface area (TPSA) is 47.9 Å². The van der Waals surface area contributed by atoms with Crippen molar-refractivity contribution in [1.82, 2.24) is 15.0 Å². The van der Waals surface area contributed by atoms with Gasteiger partial charge in [-0.1, -0.05) is 12.1 Å². The van der Waals surface area contributed by atoms with Gasteiger partial charge in [0.15, 0.2) is 10.8 Å². The molecular weight excluding hydrogens is 258 g/mol. The molecular formula is C14H11N3OS. The van der Waals surface area contributed by atoms with Crippen molar-refractivity contribution >= 4 is 11.3 Å². The highest BCUT2D eigenvalue weighted by molar-refractivity contribution is 7.13. The molecule has 94 valence electrons. The van der Waals surface area contributed by atoms with Crippen LogP contribution in [0.25, 0.3) is 22.1 Å². The van der Waals surface area contributed by atoms with Crippen LogP contribution in [-0.4, -0.2) is 22.1 Å². The number of aromatic nitrogens is 3. The number of nitrogens with zero attached hydrogens (tertiary/aromatic N) is 3. The number of thiazole rings is 1. The van der Waals surface area contributed by atoms with Crippen LogP contribution in [0.1, 0.15) is 0 Å². The summed E-state index contributed by atoms with van der Waals surface area (Å²) in [5.74, 6) is 1.46. The first-order valence-electron chi connectivity index (χ1n) is 5.75. The summed E-state index contributed by atoms with van der Waals surface area (Å²) in [5.41, 5.74) is 1.85. The molecule has 0 unspecified atom stereocenters. The van der Waals surface area contributed by atoms with E-state index in [2.05, 4.69) is 15.0 Å². The quantitative estimate of drug-likeness (QED) is 0.732. The number of ether oxygens (including phenoxy) is 1. The Morgan fingerprint density at radius 3 is 2.63 bits per heavy atom. The van der Waals surface area contributed by atoms with E-state index in [9.17, 15) is 0 Å². The lowest BCUT2D eigenvalue weighted by atomic mass is 10.1. The molecule has 1 aromatic carbocycles. The monoisotopic (exact) mass is 269 g/mol. The summed E-state index contributed by atoms with van der Waals surface area (Å²) in [5, 5.41) is 2.80. The smallest absolute Gasteiger partial charge is 0.188 e. The van der Waals surface area contributed by atoms with Gasteiger partial charge in [0, 0.05) is 23.3 Å². The van der Waals surface area contributed by atoms with E-state index >= 15 is 0 Å². The summed E-state index contributed by atoms with van der Waals surface area (Å²) >= 11 is 1.53. The van der Waals surface area contributed by atoms with E-state index in [1.807, 2.05) is 29.6 Å². The second kappa shape index (κ2) is 5.16. The maximum atomic E-state index is 5.35. The SMILES string of the molecule is COc1ccccc1-c1csc(-c2ncccn2)n1. The molecule has 2 aromatic heterocycles. The van der Waals surface area contributed by atoms with Gasteiger partial charge in [-0.2, -0.15) is 0 Å². The Morgan fingerprint density at radius 1 is 1.05 bits per heavy atom. The summed E-state index contributed by atoms with van der Waals surface area (Å²) in [6.07, 6.45) is 3.43. The number of hydrogen-bond donors (Lipinski definition) is 0. The molecule has 0 saturated heterocycles. The average molecular weight is 269 g/mol. The van der Waals surface area contributed by atoms with Crippen LogP contribution in [0.4, 0.5) is 0 Å². The molecule has 0 aliphatic rings. The third-order valence-corrected chi connectivity index (χ3v) is 3.48. The number of methoxy groups -OCH3 is 1. The molecule has 5 heteroatoms. The summed E-state index contributed by atoms with van der Waals surface area (Å²) in [7, 11) is 1.66. The molecule has 0 saturated carbocycles. The fraction of sp³-hybridized carbons (Fsp3) is 0.0714.